The van der Waals surface area contributed by atoms with E-state index in [1.54, 1.807) is 31.2 Å². The summed E-state index contributed by atoms with van der Waals surface area (Å²) in [5.74, 6) is -0.292. The molecule has 2 aromatic rings. The molecule has 0 unspecified atom stereocenters. The number of aromatic amines is 1. The number of nitrogens with zero attached hydrogens (tertiary/aromatic N) is 3. The van der Waals surface area contributed by atoms with Crippen molar-refractivity contribution in [2.45, 2.75) is 13.3 Å². The second-order valence-electron chi connectivity index (χ2n) is 4.92. The maximum absolute atomic E-state index is 12.2. The Kier molecular flexibility index (Phi) is 5.22. The maximum atomic E-state index is 12.2. The SMILES string of the molecule is CCC(=NN=C(N)N)c1c(O)n(-c2ccc(OC)cc2)c(=O)[nH]c1=O. The summed E-state index contributed by atoms with van der Waals surface area (Å²) in [5.41, 5.74) is 9.12. The van der Waals surface area contributed by atoms with Gasteiger partial charge in [0, 0.05) is 0 Å². The number of guanidine groups is 1. The number of aromatic nitrogens is 2. The Morgan fingerprint density at radius 3 is 2.40 bits per heavy atom. The van der Waals surface area contributed by atoms with Gasteiger partial charge in [-0.1, -0.05) is 6.92 Å². The molecule has 2 rings (SSSR count). The molecule has 0 fully saturated rings. The van der Waals surface area contributed by atoms with Crippen LogP contribution in [0.25, 0.3) is 5.69 Å². The number of hydrogen-bond donors (Lipinski definition) is 4. The number of methoxy groups -OCH3 is 1. The molecule has 0 amide bonds. The average Bonchev–Trinajstić information content (AvgIpc) is 2.57. The summed E-state index contributed by atoms with van der Waals surface area (Å²) in [6.07, 6.45) is 0.244. The molecule has 0 aliphatic heterocycles. The zero-order valence-electron chi connectivity index (χ0n) is 13.7. The van der Waals surface area contributed by atoms with Crippen molar-refractivity contribution in [3.63, 3.8) is 0 Å². The maximum Gasteiger partial charge on any atom is 0.335 e. The fourth-order valence-electron chi connectivity index (χ4n) is 2.17. The molecule has 0 saturated heterocycles. The molecular formula is C15H18N6O4. The Balaban J connectivity index is 2.71. The lowest BCUT2D eigenvalue weighted by atomic mass is 10.1. The zero-order chi connectivity index (χ0) is 18.6. The third kappa shape index (κ3) is 3.68. The number of benzene rings is 1. The normalized spacial score (nSPS) is 11.2. The van der Waals surface area contributed by atoms with Crippen LogP contribution in [0, 0.1) is 0 Å². The summed E-state index contributed by atoms with van der Waals surface area (Å²) in [6.45, 7) is 1.70. The van der Waals surface area contributed by atoms with Crippen molar-refractivity contribution < 1.29 is 9.84 Å². The lowest BCUT2D eigenvalue weighted by Gasteiger charge is -2.12. The van der Waals surface area contributed by atoms with Crippen molar-refractivity contribution in [2.75, 3.05) is 7.11 Å². The van der Waals surface area contributed by atoms with E-state index in [0.29, 0.717) is 11.4 Å². The second-order valence-corrected chi connectivity index (χ2v) is 4.92. The molecule has 0 aliphatic carbocycles. The topological polar surface area (TPSA) is 161 Å². The van der Waals surface area contributed by atoms with Crippen LogP contribution in [0.2, 0.25) is 0 Å². The zero-order valence-corrected chi connectivity index (χ0v) is 13.7. The largest absolute Gasteiger partial charge is 0.497 e. The molecular weight excluding hydrogens is 328 g/mol. The first-order chi connectivity index (χ1) is 11.9. The lowest BCUT2D eigenvalue weighted by Crippen LogP contribution is -2.33. The standard InChI is InChI=1S/C15H18N6O4/c1-3-10(19-20-14(16)17)11-12(22)18-15(24)21(13(11)23)8-4-6-9(25-2)7-5-8/h4-7,23H,3H2,1-2H3,(H4,16,17,20)(H,18,22,24). The van der Waals surface area contributed by atoms with E-state index in [9.17, 15) is 14.7 Å². The summed E-state index contributed by atoms with van der Waals surface area (Å²) in [5, 5.41) is 17.8. The summed E-state index contributed by atoms with van der Waals surface area (Å²) in [4.78, 5) is 26.4. The van der Waals surface area contributed by atoms with Gasteiger partial charge in [0.2, 0.25) is 11.8 Å². The fourth-order valence-corrected chi connectivity index (χ4v) is 2.17. The van der Waals surface area contributed by atoms with Gasteiger partial charge in [-0.2, -0.15) is 5.10 Å². The minimum Gasteiger partial charge on any atom is -0.497 e. The second kappa shape index (κ2) is 7.34. The average molecular weight is 346 g/mol. The Morgan fingerprint density at radius 2 is 1.88 bits per heavy atom. The minimum absolute atomic E-state index is 0.120. The van der Waals surface area contributed by atoms with Gasteiger partial charge in [0.1, 0.15) is 11.3 Å². The van der Waals surface area contributed by atoms with Gasteiger partial charge in [0.05, 0.1) is 18.5 Å². The molecule has 25 heavy (non-hydrogen) atoms. The van der Waals surface area contributed by atoms with Crippen LogP contribution in [-0.4, -0.2) is 33.4 Å². The third-order valence-electron chi connectivity index (χ3n) is 3.33. The van der Waals surface area contributed by atoms with Crippen LogP contribution in [0.3, 0.4) is 0 Å². The number of aromatic hydroxyl groups is 1. The van der Waals surface area contributed by atoms with E-state index < -0.39 is 17.1 Å². The van der Waals surface area contributed by atoms with Gasteiger partial charge in [-0.25, -0.2) is 9.36 Å². The van der Waals surface area contributed by atoms with Gasteiger partial charge < -0.3 is 21.3 Å². The Morgan fingerprint density at radius 1 is 1.24 bits per heavy atom. The molecule has 0 aliphatic rings. The van der Waals surface area contributed by atoms with Crippen molar-refractivity contribution in [3.05, 3.63) is 50.7 Å². The summed E-state index contributed by atoms with van der Waals surface area (Å²) < 4.78 is 5.99. The predicted octanol–water partition coefficient (Wildman–Crippen LogP) is -0.372. The molecule has 0 saturated carbocycles. The minimum atomic E-state index is -0.797. The van der Waals surface area contributed by atoms with E-state index in [1.807, 2.05) is 0 Å². The first kappa shape index (κ1) is 17.8. The fraction of sp³-hybridized carbons (Fsp3) is 0.200. The van der Waals surface area contributed by atoms with Gasteiger partial charge in [-0.05, 0) is 30.7 Å². The number of H-pyrrole nitrogens is 1. The predicted molar refractivity (Wildman–Crippen MR) is 93.5 cm³/mol. The highest BCUT2D eigenvalue weighted by Gasteiger charge is 2.19. The molecule has 0 bridgehead atoms. The Hall–Kier alpha value is -3.56. The highest BCUT2D eigenvalue weighted by atomic mass is 16.5. The molecule has 1 aromatic carbocycles. The summed E-state index contributed by atoms with van der Waals surface area (Å²) in [6, 6.07) is 6.34. The van der Waals surface area contributed by atoms with Crippen molar-refractivity contribution in [1.29, 1.82) is 0 Å². The van der Waals surface area contributed by atoms with Crippen LogP contribution in [0.15, 0.2) is 44.1 Å². The van der Waals surface area contributed by atoms with E-state index in [0.717, 1.165) is 4.57 Å². The highest BCUT2D eigenvalue weighted by Crippen LogP contribution is 2.20. The van der Waals surface area contributed by atoms with Gasteiger partial charge in [-0.15, -0.1) is 5.10 Å². The van der Waals surface area contributed by atoms with Crippen LogP contribution in [0.4, 0.5) is 0 Å². The van der Waals surface area contributed by atoms with Crippen LogP contribution < -0.4 is 27.5 Å². The van der Waals surface area contributed by atoms with E-state index in [-0.39, 0.29) is 23.7 Å². The Labute approximate surface area is 142 Å². The number of ether oxygens (including phenoxy) is 1. The smallest absolute Gasteiger partial charge is 0.335 e. The van der Waals surface area contributed by atoms with E-state index in [1.165, 1.54) is 7.11 Å². The molecule has 1 aromatic heterocycles. The summed E-state index contributed by atoms with van der Waals surface area (Å²) >= 11 is 0. The van der Waals surface area contributed by atoms with Crippen molar-refractivity contribution in [2.24, 2.45) is 21.7 Å². The number of rotatable bonds is 5. The lowest BCUT2D eigenvalue weighted by molar-refractivity contribution is 0.414. The van der Waals surface area contributed by atoms with Crippen molar-refractivity contribution >= 4 is 11.7 Å². The Bertz CT molecular complexity index is 936. The van der Waals surface area contributed by atoms with Crippen LogP contribution in [0.1, 0.15) is 18.9 Å². The highest BCUT2D eigenvalue weighted by molar-refractivity contribution is 6.02. The third-order valence-corrected chi connectivity index (χ3v) is 3.33. The van der Waals surface area contributed by atoms with Crippen LogP contribution in [-0.2, 0) is 0 Å². The molecule has 10 heteroatoms. The number of hydrogen-bond acceptors (Lipinski definition) is 6. The van der Waals surface area contributed by atoms with E-state index in [2.05, 4.69) is 15.2 Å². The first-order valence-electron chi connectivity index (χ1n) is 7.27. The van der Waals surface area contributed by atoms with Crippen LogP contribution in [0.5, 0.6) is 11.6 Å². The quantitative estimate of drug-likeness (QED) is 0.328. The summed E-state index contributed by atoms with van der Waals surface area (Å²) in [7, 11) is 1.50. The molecule has 132 valence electrons. The number of nitrogens with one attached hydrogen (secondary N) is 1. The van der Waals surface area contributed by atoms with Crippen molar-refractivity contribution in [3.8, 4) is 17.3 Å². The molecule has 10 nitrogen and oxygen atoms in total. The molecule has 1 heterocycles. The molecule has 0 spiro atoms. The molecule has 6 N–H and O–H groups in total. The van der Waals surface area contributed by atoms with Gasteiger partial charge in [0.25, 0.3) is 5.56 Å². The van der Waals surface area contributed by atoms with E-state index in [4.69, 9.17) is 16.2 Å². The monoisotopic (exact) mass is 346 g/mol. The molecule has 0 atom stereocenters. The van der Waals surface area contributed by atoms with Gasteiger partial charge in [0.15, 0.2) is 0 Å². The van der Waals surface area contributed by atoms with Gasteiger partial charge in [-0.3, -0.25) is 9.78 Å². The van der Waals surface area contributed by atoms with Crippen LogP contribution >= 0.6 is 0 Å². The molecule has 0 radical (unpaired) electrons. The van der Waals surface area contributed by atoms with E-state index >= 15 is 0 Å². The van der Waals surface area contributed by atoms with Crippen molar-refractivity contribution in [1.82, 2.24) is 9.55 Å². The number of nitrogens with two attached hydrogens (primary N) is 2. The first-order valence-corrected chi connectivity index (χ1v) is 7.27. The van der Waals surface area contributed by atoms with Gasteiger partial charge >= 0.3 is 5.69 Å².